The van der Waals surface area contributed by atoms with E-state index in [0.717, 1.165) is 43.8 Å². The van der Waals surface area contributed by atoms with Crippen LogP contribution in [0.1, 0.15) is 43.3 Å². The lowest BCUT2D eigenvalue weighted by atomic mass is 10.0. The Labute approximate surface area is 140 Å². The number of hydrogen-bond acceptors (Lipinski definition) is 6. The van der Waals surface area contributed by atoms with Crippen LogP contribution in [-0.4, -0.2) is 45.5 Å². The van der Waals surface area contributed by atoms with Crippen LogP contribution in [0.3, 0.4) is 0 Å². The number of hydrogen-bond donors (Lipinski definition) is 0. The molecule has 1 aliphatic heterocycles. The topological polar surface area (TPSA) is 94.1 Å². The normalized spacial score (nSPS) is 22.3. The van der Waals surface area contributed by atoms with Gasteiger partial charge in [-0.15, -0.1) is 0 Å². The fourth-order valence-corrected chi connectivity index (χ4v) is 4.60. The average Bonchev–Trinajstić information content (AvgIpc) is 2.97. The molecule has 1 aliphatic carbocycles. The molecule has 24 heavy (non-hydrogen) atoms. The van der Waals surface area contributed by atoms with E-state index in [2.05, 4.69) is 15.1 Å². The average molecular weight is 351 g/mol. The van der Waals surface area contributed by atoms with Gasteiger partial charge in [0.15, 0.2) is 10.9 Å². The number of aromatic nitrogens is 4. The molecule has 9 heteroatoms. The van der Waals surface area contributed by atoms with E-state index in [-0.39, 0.29) is 5.03 Å². The Morgan fingerprint density at radius 2 is 2.17 bits per heavy atom. The maximum absolute atomic E-state index is 12.6. The Hall–Kier alpha value is -1.74. The highest BCUT2D eigenvalue weighted by Gasteiger charge is 2.34. The van der Waals surface area contributed by atoms with Crippen molar-refractivity contribution in [2.45, 2.75) is 43.0 Å². The first-order chi connectivity index (χ1) is 11.5. The summed E-state index contributed by atoms with van der Waals surface area (Å²) in [5.74, 6) is 2.29. The fraction of sp³-hybridized carbons (Fsp3) is 0.667. The molecule has 1 atom stereocenters. The first-order valence-corrected chi connectivity index (χ1v) is 9.77. The van der Waals surface area contributed by atoms with Crippen LogP contribution in [0.4, 0.5) is 0 Å². The van der Waals surface area contributed by atoms with Gasteiger partial charge >= 0.3 is 0 Å². The number of imidazole rings is 1. The Kier molecular flexibility index (Phi) is 3.92. The van der Waals surface area contributed by atoms with Crippen LogP contribution in [0.5, 0.6) is 0 Å². The number of sulfonamides is 1. The molecule has 2 fully saturated rings. The van der Waals surface area contributed by atoms with Crippen molar-refractivity contribution >= 4 is 10.0 Å². The van der Waals surface area contributed by atoms with Crippen molar-refractivity contribution in [2.24, 2.45) is 13.0 Å². The quantitative estimate of drug-likeness (QED) is 0.779. The second-order valence-electron chi connectivity index (χ2n) is 6.76. The van der Waals surface area contributed by atoms with Gasteiger partial charge in [0.1, 0.15) is 0 Å². The summed E-state index contributed by atoms with van der Waals surface area (Å²) >= 11 is 0. The largest absolute Gasteiger partial charge is 0.339 e. The van der Waals surface area contributed by atoms with Crippen LogP contribution in [0.15, 0.2) is 22.1 Å². The molecule has 0 radical (unpaired) electrons. The lowest BCUT2D eigenvalue weighted by Crippen LogP contribution is -2.29. The minimum atomic E-state index is -3.48. The van der Waals surface area contributed by atoms with E-state index in [1.807, 2.05) is 0 Å². The monoisotopic (exact) mass is 351 g/mol. The van der Waals surface area contributed by atoms with E-state index in [4.69, 9.17) is 4.52 Å². The van der Waals surface area contributed by atoms with Gasteiger partial charge in [-0.3, -0.25) is 0 Å². The molecule has 0 N–H and O–H groups in total. The zero-order chi connectivity index (χ0) is 16.7. The van der Waals surface area contributed by atoms with Crippen LogP contribution in [0.25, 0.3) is 0 Å². The van der Waals surface area contributed by atoms with Crippen molar-refractivity contribution in [3.05, 3.63) is 24.2 Å². The number of aryl methyl sites for hydroxylation is 2. The molecule has 1 unspecified atom stereocenters. The molecular formula is C15H21N5O3S. The van der Waals surface area contributed by atoms with Crippen molar-refractivity contribution in [1.82, 2.24) is 24.0 Å². The molecule has 2 aromatic heterocycles. The summed E-state index contributed by atoms with van der Waals surface area (Å²) in [7, 11) is -1.72. The Morgan fingerprint density at radius 1 is 1.33 bits per heavy atom. The van der Waals surface area contributed by atoms with Crippen LogP contribution >= 0.6 is 0 Å². The van der Waals surface area contributed by atoms with Crippen LogP contribution in [0.2, 0.25) is 0 Å². The van der Waals surface area contributed by atoms with Crippen molar-refractivity contribution in [3.8, 4) is 0 Å². The van der Waals surface area contributed by atoms with Gasteiger partial charge in [-0.2, -0.15) is 9.29 Å². The lowest BCUT2D eigenvalue weighted by Gasteiger charge is -2.14. The zero-order valence-electron chi connectivity index (χ0n) is 13.6. The van der Waals surface area contributed by atoms with Gasteiger partial charge in [-0.25, -0.2) is 13.4 Å². The molecule has 4 rings (SSSR count). The number of rotatable bonds is 6. The molecule has 3 heterocycles. The van der Waals surface area contributed by atoms with Gasteiger partial charge in [0.25, 0.3) is 10.0 Å². The van der Waals surface area contributed by atoms with E-state index in [0.29, 0.717) is 24.9 Å². The minimum absolute atomic E-state index is 0.123. The predicted molar refractivity (Wildman–Crippen MR) is 84.7 cm³/mol. The lowest BCUT2D eigenvalue weighted by molar-refractivity contribution is 0.371. The summed E-state index contributed by atoms with van der Waals surface area (Å²) < 4.78 is 33.6. The third kappa shape index (κ3) is 3.10. The molecule has 1 saturated carbocycles. The molecule has 0 amide bonds. The molecule has 0 bridgehead atoms. The number of nitrogens with zero attached hydrogens (tertiary/aromatic N) is 5. The molecule has 0 spiro atoms. The highest BCUT2D eigenvalue weighted by molar-refractivity contribution is 7.89. The zero-order valence-corrected chi connectivity index (χ0v) is 14.4. The first-order valence-electron chi connectivity index (χ1n) is 8.33. The summed E-state index contributed by atoms with van der Waals surface area (Å²) in [4.78, 5) is 8.41. The Morgan fingerprint density at radius 3 is 2.88 bits per heavy atom. The molecule has 0 aromatic carbocycles. The molecular weight excluding hydrogens is 330 g/mol. The molecule has 130 valence electrons. The minimum Gasteiger partial charge on any atom is -0.339 e. The van der Waals surface area contributed by atoms with E-state index < -0.39 is 10.0 Å². The van der Waals surface area contributed by atoms with E-state index in [1.165, 1.54) is 10.6 Å². The highest BCUT2D eigenvalue weighted by Crippen LogP contribution is 2.39. The maximum Gasteiger partial charge on any atom is 0.262 e. The summed E-state index contributed by atoms with van der Waals surface area (Å²) in [6, 6.07) is 0. The summed E-state index contributed by atoms with van der Waals surface area (Å²) in [6.07, 6.45) is 7.81. The summed E-state index contributed by atoms with van der Waals surface area (Å²) in [6.45, 7) is 1.08. The van der Waals surface area contributed by atoms with E-state index >= 15 is 0 Å². The van der Waals surface area contributed by atoms with Gasteiger partial charge in [0.05, 0.1) is 6.33 Å². The summed E-state index contributed by atoms with van der Waals surface area (Å²) in [5, 5.41) is 4.15. The SMILES string of the molecule is Cn1cnc(S(=O)(=O)N2CCC(CCc3noc(C4CC4)n3)C2)c1. The van der Waals surface area contributed by atoms with Crippen molar-refractivity contribution in [3.63, 3.8) is 0 Å². The van der Waals surface area contributed by atoms with Crippen molar-refractivity contribution < 1.29 is 12.9 Å². The van der Waals surface area contributed by atoms with Crippen molar-refractivity contribution in [1.29, 1.82) is 0 Å². The van der Waals surface area contributed by atoms with Gasteiger partial charge < -0.3 is 9.09 Å². The second-order valence-corrected chi connectivity index (χ2v) is 8.64. The summed E-state index contributed by atoms with van der Waals surface area (Å²) in [5.41, 5.74) is 0. The second kappa shape index (κ2) is 5.96. The molecule has 8 nitrogen and oxygen atoms in total. The smallest absolute Gasteiger partial charge is 0.262 e. The third-order valence-corrected chi connectivity index (χ3v) is 6.47. The van der Waals surface area contributed by atoms with Crippen molar-refractivity contribution in [2.75, 3.05) is 13.1 Å². The fourth-order valence-electron chi connectivity index (χ4n) is 3.10. The Bertz CT molecular complexity index is 824. The molecule has 2 aromatic rings. The maximum atomic E-state index is 12.6. The first kappa shape index (κ1) is 15.8. The van der Waals surface area contributed by atoms with E-state index in [1.54, 1.807) is 17.8 Å². The van der Waals surface area contributed by atoms with Gasteiger partial charge in [-0.05, 0) is 31.6 Å². The van der Waals surface area contributed by atoms with Crippen LogP contribution < -0.4 is 0 Å². The van der Waals surface area contributed by atoms with E-state index in [9.17, 15) is 8.42 Å². The van der Waals surface area contributed by atoms with Gasteiger partial charge in [0.2, 0.25) is 5.89 Å². The Balaban J connectivity index is 1.34. The van der Waals surface area contributed by atoms with Gasteiger partial charge in [-0.1, -0.05) is 5.16 Å². The molecule has 1 saturated heterocycles. The third-order valence-electron chi connectivity index (χ3n) is 4.72. The highest BCUT2D eigenvalue weighted by atomic mass is 32.2. The standard InChI is InChI=1S/C15H21N5O3S/c1-19-9-14(16-10-19)24(21,22)20-7-6-11(8-20)2-5-13-17-15(23-18-13)12-3-4-12/h9-12H,2-8H2,1H3. The molecule has 2 aliphatic rings. The van der Waals surface area contributed by atoms with Crippen LogP contribution in [-0.2, 0) is 23.5 Å². The van der Waals surface area contributed by atoms with Gasteiger partial charge in [0, 0.05) is 38.7 Å². The predicted octanol–water partition coefficient (Wildman–Crippen LogP) is 1.32. The van der Waals surface area contributed by atoms with Crippen LogP contribution in [0, 0.1) is 5.92 Å².